The molecule has 0 aliphatic carbocycles. The summed E-state index contributed by atoms with van der Waals surface area (Å²) in [6.45, 7) is 6.36. The fraction of sp³-hybridized carbons (Fsp3) is 0.611. The molecule has 1 unspecified atom stereocenters. The smallest absolute Gasteiger partial charge is 0.270 e. The van der Waals surface area contributed by atoms with Crippen LogP contribution in [0.2, 0.25) is 0 Å². The van der Waals surface area contributed by atoms with Crippen molar-refractivity contribution < 1.29 is 14.8 Å². The van der Waals surface area contributed by atoms with Crippen LogP contribution in [0.4, 0.5) is 5.69 Å². The largest absolute Gasteiger partial charge is 0.484 e. The molecule has 25 heavy (non-hydrogen) atoms. The van der Waals surface area contributed by atoms with Crippen molar-refractivity contribution in [3.8, 4) is 5.75 Å². The number of aliphatic imine (C=N–C) groups is 1. The molecule has 0 saturated heterocycles. The minimum Gasteiger partial charge on any atom is -0.484 e. The van der Waals surface area contributed by atoms with Gasteiger partial charge in [0.15, 0.2) is 0 Å². The molecule has 2 rings (SSSR count). The number of non-ortho nitro benzene ring substituents is 1. The number of halogens is 1. The van der Waals surface area contributed by atoms with E-state index in [0.717, 1.165) is 12.8 Å². The molecule has 1 heterocycles. The van der Waals surface area contributed by atoms with Crippen LogP contribution >= 0.6 is 12.4 Å². The highest BCUT2D eigenvalue weighted by Gasteiger charge is 2.40. The highest BCUT2D eigenvalue weighted by atomic mass is 35.5. The highest BCUT2D eigenvalue weighted by molar-refractivity contribution is 6.08. The fourth-order valence-corrected chi connectivity index (χ4v) is 2.82. The van der Waals surface area contributed by atoms with Crippen LogP contribution < -0.4 is 4.74 Å². The minimum absolute atomic E-state index is 0. The Labute approximate surface area is 154 Å². The van der Waals surface area contributed by atoms with Crippen LogP contribution in [-0.4, -0.2) is 34.0 Å². The Morgan fingerprint density at radius 2 is 1.96 bits per heavy atom. The second kappa shape index (κ2) is 9.15. The number of fused-ring (bicyclic) bond motifs is 1. The van der Waals surface area contributed by atoms with E-state index in [2.05, 4.69) is 11.9 Å². The van der Waals surface area contributed by atoms with E-state index in [1.165, 1.54) is 31.4 Å². The van der Waals surface area contributed by atoms with E-state index >= 15 is 0 Å². The molecule has 0 aromatic heterocycles. The molecular weight excluding hydrogens is 344 g/mol. The first kappa shape index (κ1) is 21.4. The molecule has 1 aromatic rings. The molecule has 6 nitrogen and oxygen atoms in total. The van der Waals surface area contributed by atoms with Gasteiger partial charge >= 0.3 is 0 Å². The third-order valence-corrected chi connectivity index (χ3v) is 4.28. The zero-order valence-corrected chi connectivity index (χ0v) is 15.8. The van der Waals surface area contributed by atoms with E-state index in [1.807, 2.05) is 0 Å². The number of aliphatic hydroxyl groups excluding tert-OH is 1. The van der Waals surface area contributed by atoms with Gasteiger partial charge in [-0.1, -0.05) is 32.6 Å². The third-order valence-electron chi connectivity index (χ3n) is 4.28. The second-order valence-electron chi connectivity index (χ2n) is 6.73. The number of hydrogen-bond donors (Lipinski definition) is 1. The van der Waals surface area contributed by atoms with Gasteiger partial charge in [0.05, 0.1) is 10.6 Å². The van der Waals surface area contributed by atoms with Gasteiger partial charge < -0.3 is 9.84 Å². The van der Waals surface area contributed by atoms with Gasteiger partial charge in [0.2, 0.25) is 0 Å². The van der Waals surface area contributed by atoms with Crippen molar-refractivity contribution >= 4 is 23.8 Å². The number of rotatable bonds is 7. The van der Waals surface area contributed by atoms with Crippen LogP contribution in [0, 0.1) is 10.1 Å². The molecule has 1 aliphatic heterocycles. The fourth-order valence-electron chi connectivity index (χ4n) is 2.82. The molecule has 1 aliphatic rings. The quantitative estimate of drug-likeness (QED) is 0.440. The zero-order valence-electron chi connectivity index (χ0n) is 15.0. The maximum atomic E-state index is 11.0. The Balaban J connectivity index is 0.00000312. The van der Waals surface area contributed by atoms with Crippen molar-refractivity contribution in [3.05, 3.63) is 33.9 Å². The Morgan fingerprint density at radius 3 is 2.60 bits per heavy atom. The normalized spacial score (nSPS) is 19.7. The predicted molar refractivity (Wildman–Crippen MR) is 101 cm³/mol. The molecule has 1 N–H and O–H groups in total. The van der Waals surface area contributed by atoms with Crippen molar-refractivity contribution in [1.82, 2.24) is 0 Å². The zero-order chi connectivity index (χ0) is 17.7. The lowest BCUT2D eigenvalue weighted by atomic mass is 9.89. The Morgan fingerprint density at radius 1 is 1.28 bits per heavy atom. The summed E-state index contributed by atoms with van der Waals surface area (Å²) in [5.74, 6) is 0.528. The number of nitrogens with zero attached hydrogens (tertiary/aromatic N) is 2. The second-order valence-corrected chi connectivity index (χ2v) is 6.73. The van der Waals surface area contributed by atoms with Crippen LogP contribution in [0.3, 0.4) is 0 Å². The molecule has 140 valence electrons. The van der Waals surface area contributed by atoms with E-state index in [4.69, 9.17) is 4.74 Å². The van der Waals surface area contributed by atoms with Gasteiger partial charge in [0.1, 0.15) is 17.5 Å². The summed E-state index contributed by atoms with van der Waals surface area (Å²) in [6.07, 6.45) is 4.72. The van der Waals surface area contributed by atoms with Crippen LogP contribution in [0.15, 0.2) is 23.2 Å². The maximum absolute atomic E-state index is 11.0. The summed E-state index contributed by atoms with van der Waals surface area (Å²) >= 11 is 0. The average molecular weight is 371 g/mol. The van der Waals surface area contributed by atoms with Gasteiger partial charge in [-0.3, -0.25) is 15.1 Å². The van der Waals surface area contributed by atoms with E-state index in [0.29, 0.717) is 23.6 Å². The molecule has 0 radical (unpaired) electrons. The first-order chi connectivity index (χ1) is 11.4. The standard InChI is InChI=1S/C18H26N2O4.ClH/c1-4-5-6-7-8-11-19-16-14-12-13(20(22)23)9-10-15(14)24-18(2,3)17(16)21;/h9-10,12,17,21H,4-8,11H2,1-3H3;1H/b19-16-;. The van der Waals surface area contributed by atoms with E-state index in [-0.39, 0.29) is 18.1 Å². The lowest BCUT2D eigenvalue weighted by molar-refractivity contribution is -0.384. The summed E-state index contributed by atoms with van der Waals surface area (Å²) in [7, 11) is 0. The van der Waals surface area contributed by atoms with Gasteiger partial charge in [-0.2, -0.15) is 0 Å². The first-order valence-electron chi connectivity index (χ1n) is 8.57. The van der Waals surface area contributed by atoms with Gasteiger partial charge in [0, 0.05) is 24.2 Å². The lowest BCUT2D eigenvalue weighted by Gasteiger charge is -2.37. The van der Waals surface area contributed by atoms with Crippen LogP contribution in [0.5, 0.6) is 5.75 Å². The van der Waals surface area contributed by atoms with Crippen LogP contribution in [0.25, 0.3) is 0 Å². The van der Waals surface area contributed by atoms with Crippen molar-refractivity contribution in [2.45, 2.75) is 64.6 Å². The number of ether oxygens (including phenoxy) is 1. The maximum Gasteiger partial charge on any atom is 0.270 e. The van der Waals surface area contributed by atoms with Gasteiger partial charge in [-0.25, -0.2) is 0 Å². The molecule has 1 aromatic carbocycles. The van der Waals surface area contributed by atoms with E-state index in [1.54, 1.807) is 19.9 Å². The number of unbranched alkanes of at least 4 members (excludes halogenated alkanes) is 4. The Kier molecular flexibility index (Phi) is 7.83. The Bertz CT molecular complexity index is 632. The van der Waals surface area contributed by atoms with E-state index in [9.17, 15) is 15.2 Å². The monoisotopic (exact) mass is 370 g/mol. The average Bonchev–Trinajstić information content (AvgIpc) is 2.53. The number of aliphatic hydroxyl groups is 1. The highest BCUT2D eigenvalue weighted by Crippen LogP contribution is 2.35. The van der Waals surface area contributed by atoms with Crippen LogP contribution in [-0.2, 0) is 0 Å². The van der Waals surface area contributed by atoms with Crippen molar-refractivity contribution in [2.24, 2.45) is 4.99 Å². The third kappa shape index (κ3) is 5.16. The topological polar surface area (TPSA) is 85.0 Å². The van der Waals surface area contributed by atoms with Crippen molar-refractivity contribution in [1.29, 1.82) is 0 Å². The number of nitro benzene ring substituents is 1. The lowest BCUT2D eigenvalue weighted by Crippen LogP contribution is -2.50. The summed E-state index contributed by atoms with van der Waals surface area (Å²) in [6, 6.07) is 4.43. The van der Waals surface area contributed by atoms with Gasteiger partial charge in [-0.15, -0.1) is 12.4 Å². The Hall–Kier alpha value is -1.66. The van der Waals surface area contributed by atoms with Crippen LogP contribution in [0.1, 0.15) is 58.4 Å². The number of hydrogen-bond acceptors (Lipinski definition) is 5. The number of benzene rings is 1. The SMILES string of the molecule is CCCCCCC/N=C1/c2cc([N+](=O)[O-])ccc2OC(C)(C)C1O.Cl. The molecule has 1 atom stereocenters. The van der Waals surface area contributed by atoms with Gasteiger partial charge in [0.25, 0.3) is 5.69 Å². The molecule has 0 bridgehead atoms. The van der Waals surface area contributed by atoms with Gasteiger partial charge in [-0.05, 0) is 26.3 Å². The summed E-state index contributed by atoms with van der Waals surface area (Å²) in [5, 5.41) is 21.6. The summed E-state index contributed by atoms with van der Waals surface area (Å²) < 4.78 is 5.80. The first-order valence-corrected chi connectivity index (χ1v) is 8.57. The van der Waals surface area contributed by atoms with Crippen molar-refractivity contribution in [2.75, 3.05) is 6.54 Å². The molecule has 0 spiro atoms. The molecule has 7 heteroatoms. The molecule has 0 amide bonds. The van der Waals surface area contributed by atoms with E-state index < -0.39 is 16.6 Å². The molecule has 0 fully saturated rings. The minimum atomic E-state index is -0.914. The van der Waals surface area contributed by atoms with Crippen molar-refractivity contribution in [3.63, 3.8) is 0 Å². The molecule has 0 saturated carbocycles. The molecular formula is C18H27ClN2O4. The predicted octanol–water partition coefficient (Wildman–Crippen LogP) is 4.31. The summed E-state index contributed by atoms with van der Waals surface area (Å²) in [5.41, 5.74) is 0.161. The number of nitro groups is 1. The summed E-state index contributed by atoms with van der Waals surface area (Å²) in [4.78, 5) is 15.1.